The molecule has 2 N–H and O–H groups in total. The van der Waals surface area contributed by atoms with Gasteiger partial charge in [0.2, 0.25) is 5.89 Å². The molecule has 2 aromatic heterocycles. The summed E-state index contributed by atoms with van der Waals surface area (Å²) in [5.41, 5.74) is 2.98. The summed E-state index contributed by atoms with van der Waals surface area (Å²) in [4.78, 5) is 11.8. The van der Waals surface area contributed by atoms with Crippen molar-refractivity contribution in [2.24, 2.45) is 0 Å². The van der Waals surface area contributed by atoms with Gasteiger partial charge in [0.1, 0.15) is 47.9 Å². The molecule has 0 amide bonds. The first kappa shape index (κ1) is 24.3. The molecule has 0 fully saturated rings. The average Bonchev–Trinajstić information content (AvgIpc) is 3.51. The monoisotopic (exact) mass is 479 g/mol. The van der Waals surface area contributed by atoms with E-state index in [9.17, 15) is 13.9 Å². The van der Waals surface area contributed by atoms with E-state index in [0.717, 1.165) is 24.6 Å². The predicted octanol–water partition coefficient (Wildman–Crippen LogP) is 6.21. The number of nitrogens with zero attached hydrogens (tertiary/aromatic N) is 2. The van der Waals surface area contributed by atoms with Crippen molar-refractivity contribution >= 4 is 12.2 Å². The zero-order chi connectivity index (χ0) is 24.8. The maximum Gasteiger partial charge on any atom is 0.218 e. The molecule has 2 atom stereocenters. The SMILES string of the molecule is CC(O)c1nc(C(C)CCc2ccc(OCc3coc(C=Cc4ccc(F)cc4F)n3)cc2)c[nH]1. The lowest BCUT2D eigenvalue weighted by molar-refractivity contribution is 0.190. The van der Waals surface area contributed by atoms with Crippen molar-refractivity contribution in [2.75, 3.05) is 0 Å². The predicted molar refractivity (Wildman–Crippen MR) is 129 cm³/mol. The standard InChI is InChI=1S/C27H27F2N3O3/c1-17(25-14-30-27(32-25)18(2)33)3-4-19-5-10-23(11-6-19)34-15-22-16-35-26(31-22)12-8-20-7-9-21(28)13-24(20)29/h5-14,16-18,33H,3-4,15H2,1-2H3,(H,30,32). The van der Waals surface area contributed by atoms with Crippen LogP contribution >= 0.6 is 0 Å². The Morgan fingerprint density at radius 1 is 1.09 bits per heavy atom. The Hall–Kier alpha value is -3.78. The van der Waals surface area contributed by atoms with Gasteiger partial charge in [0.05, 0.1) is 5.69 Å². The number of ether oxygens (including phenoxy) is 1. The highest BCUT2D eigenvalue weighted by Gasteiger charge is 2.12. The van der Waals surface area contributed by atoms with Crippen LogP contribution in [0.1, 0.15) is 66.5 Å². The topological polar surface area (TPSA) is 84.2 Å². The van der Waals surface area contributed by atoms with Crippen molar-refractivity contribution < 1.29 is 23.0 Å². The van der Waals surface area contributed by atoms with E-state index >= 15 is 0 Å². The summed E-state index contributed by atoms with van der Waals surface area (Å²) in [6, 6.07) is 11.3. The largest absolute Gasteiger partial charge is 0.487 e. The molecule has 0 aliphatic carbocycles. The Labute approximate surface area is 202 Å². The molecule has 0 saturated carbocycles. The van der Waals surface area contributed by atoms with Crippen molar-refractivity contribution in [3.63, 3.8) is 0 Å². The Morgan fingerprint density at radius 3 is 2.60 bits per heavy atom. The third-order valence-corrected chi connectivity index (χ3v) is 5.63. The number of aryl methyl sites for hydroxylation is 1. The minimum Gasteiger partial charge on any atom is -0.487 e. The number of imidazole rings is 1. The fourth-order valence-corrected chi connectivity index (χ4v) is 3.52. The number of aromatic nitrogens is 3. The van der Waals surface area contributed by atoms with E-state index in [4.69, 9.17) is 9.15 Å². The van der Waals surface area contributed by atoms with E-state index < -0.39 is 17.7 Å². The first-order valence-corrected chi connectivity index (χ1v) is 11.4. The number of H-pyrrole nitrogens is 1. The van der Waals surface area contributed by atoms with Gasteiger partial charge < -0.3 is 19.2 Å². The second-order valence-electron chi connectivity index (χ2n) is 8.44. The van der Waals surface area contributed by atoms with Gasteiger partial charge in [-0.05, 0) is 55.7 Å². The van der Waals surface area contributed by atoms with Crippen molar-refractivity contribution in [3.8, 4) is 5.75 Å². The normalized spacial score (nSPS) is 13.3. The molecule has 35 heavy (non-hydrogen) atoms. The average molecular weight is 480 g/mol. The number of hydrogen-bond donors (Lipinski definition) is 2. The minimum absolute atomic E-state index is 0.226. The summed E-state index contributed by atoms with van der Waals surface area (Å²) in [5, 5.41) is 9.61. The number of nitrogens with one attached hydrogen (secondary N) is 1. The fraction of sp³-hybridized carbons (Fsp3) is 0.259. The van der Waals surface area contributed by atoms with Crippen LogP contribution in [0.25, 0.3) is 12.2 Å². The van der Waals surface area contributed by atoms with Crippen LogP contribution in [-0.2, 0) is 13.0 Å². The highest BCUT2D eigenvalue weighted by atomic mass is 19.1. The van der Waals surface area contributed by atoms with E-state index in [2.05, 4.69) is 21.9 Å². The second-order valence-corrected chi connectivity index (χ2v) is 8.44. The molecule has 2 heterocycles. The van der Waals surface area contributed by atoms with Crippen molar-refractivity contribution in [1.82, 2.24) is 15.0 Å². The molecular weight excluding hydrogens is 452 g/mol. The Kier molecular flexibility index (Phi) is 7.72. The number of oxazole rings is 1. The molecule has 4 aromatic rings. The number of hydrogen-bond acceptors (Lipinski definition) is 5. The quantitative estimate of drug-likeness (QED) is 0.282. The third-order valence-electron chi connectivity index (χ3n) is 5.63. The van der Waals surface area contributed by atoms with Gasteiger partial charge in [-0.3, -0.25) is 0 Å². The van der Waals surface area contributed by atoms with Gasteiger partial charge in [-0.2, -0.15) is 0 Å². The summed E-state index contributed by atoms with van der Waals surface area (Å²) in [6.45, 7) is 4.04. The van der Waals surface area contributed by atoms with E-state index in [1.165, 1.54) is 36.1 Å². The van der Waals surface area contributed by atoms with Crippen molar-refractivity contribution in [2.45, 2.75) is 45.3 Å². The summed E-state index contributed by atoms with van der Waals surface area (Å²) in [7, 11) is 0. The van der Waals surface area contributed by atoms with Crippen molar-refractivity contribution in [1.29, 1.82) is 0 Å². The molecule has 0 spiro atoms. The van der Waals surface area contributed by atoms with Crippen LogP contribution in [0, 0.1) is 11.6 Å². The highest BCUT2D eigenvalue weighted by Crippen LogP contribution is 2.22. The van der Waals surface area contributed by atoms with E-state index in [1.54, 1.807) is 6.92 Å². The summed E-state index contributed by atoms with van der Waals surface area (Å²) < 4.78 is 37.9. The molecule has 0 saturated heterocycles. The second kappa shape index (κ2) is 11.1. The van der Waals surface area contributed by atoms with Gasteiger partial charge >= 0.3 is 0 Å². The van der Waals surface area contributed by atoms with Crippen LogP contribution < -0.4 is 4.74 Å². The molecule has 2 aromatic carbocycles. The number of benzene rings is 2. The minimum atomic E-state index is -0.652. The first-order valence-electron chi connectivity index (χ1n) is 11.4. The zero-order valence-electron chi connectivity index (χ0n) is 19.5. The van der Waals surface area contributed by atoms with Crippen LogP contribution in [0.2, 0.25) is 0 Å². The van der Waals surface area contributed by atoms with E-state index in [-0.39, 0.29) is 18.1 Å². The van der Waals surface area contributed by atoms with Gasteiger partial charge in [-0.15, -0.1) is 0 Å². The maximum absolute atomic E-state index is 13.7. The number of halogens is 2. The van der Waals surface area contributed by atoms with Gasteiger partial charge in [-0.25, -0.2) is 18.7 Å². The Morgan fingerprint density at radius 2 is 1.89 bits per heavy atom. The maximum atomic E-state index is 13.7. The lowest BCUT2D eigenvalue weighted by Crippen LogP contribution is -1.99. The summed E-state index contributed by atoms with van der Waals surface area (Å²) >= 11 is 0. The van der Waals surface area contributed by atoms with Gasteiger partial charge in [-0.1, -0.05) is 19.1 Å². The molecule has 0 bridgehead atoms. The van der Waals surface area contributed by atoms with Gasteiger partial charge in [0.15, 0.2) is 0 Å². The molecule has 0 aliphatic heterocycles. The number of aliphatic hydroxyl groups excluding tert-OH is 1. The number of aromatic amines is 1. The van der Waals surface area contributed by atoms with Crippen LogP contribution in [0.3, 0.4) is 0 Å². The number of aliphatic hydroxyl groups is 1. The van der Waals surface area contributed by atoms with Gasteiger partial charge in [0, 0.05) is 29.8 Å². The van der Waals surface area contributed by atoms with E-state index in [0.29, 0.717) is 23.2 Å². The van der Waals surface area contributed by atoms with Gasteiger partial charge in [0.25, 0.3) is 0 Å². The Bertz CT molecular complexity index is 1280. The summed E-state index contributed by atoms with van der Waals surface area (Å²) in [6.07, 6.45) is 7.56. The molecule has 182 valence electrons. The van der Waals surface area contributed by atoms with Crippen LogP contribution in [-0.4, -0.2) is 20.1 Å². The number of rotatable bonds is 10. The lowest BCUT2D eigenvalue weighted by Gasteiger charge is -2.09. The van der Waals surface area contributed by atoms with E-state index in [1.807, 2.05) is 30.5 Å². The van der Waals surface area contributed by atoms with Crippen LogP contribution in [0.15, 0.2) is 59.3 Å². The fourth-order valence-electron chi connectivity index (χ4n) is 3.52. The van der Waals surface area contributed by atoms with Crippen molar-refractivity contribution in [3.05, 3.63) is 101 Å². The molecule has 8 heteroatoms. The molecule has 6 nitrogen and oxygen atoms in total. The smallest absolute Gasteiger partial charge is 0.218 e. The van der Waals surface area contributed by atoms with Crippen LogP contribution in [0.4, 0.5) is 8.78 Å². The molecule has 4 rings (SSSR count). The highest BCUT2D eigenvalue weighted by molar-refractivity contribution is 5.66. The zero-order valence-corrected chi connectivity index (χ0v) is 19.5. The molecule has 0 aliphatic rings. The van der Waals surface area contributed by atoms with Crippen LogP contribution in [0.5, 0.6) is 5.75 Å². The molecule has 0 radical (unpaired) electrons. The lowest BCUT2D eigenvalue weighted by atomic mass is 9.99. The summed E-state index contributed by atoms with van der Waals surface area (Å²) in [5.74, 6) is 0.591. The molecular formula is C27H27F2N3O3. The molecule has 2 unspecified atom stereocenters. The Balaban J connectivity index is 1.25. The third kappa shape index (κ3) is 6.64. The first-order chi connectivity index (χ1) is 16.9.